The van der Waals surface area contributed by atoms with Gasteiger partial charge in [0.1, 0.15) is 5.75 Å². The topological polar surface area (TPSA) is 82.9 Å². The molecule has 198 valence electrons. The van der Waals surface area contributed by atoms with Gasteiger partial charge in [-0.1, -0.05) is 29.8 Å². The number of benzene rings is 2. The molecule has 0 spiro atoms. The van der Waals surface area contributed by atoms with Crippen molar-refractivity contribution >= 4 is 28.5 Å². The molecule has 1 fully saturated rings. The Morgan fingerprint density at radius 3 is 2.81 bits per heavy atom. The van der Waals surface area contributed by atoms with Gasteiger partial charge in [-0.2, -0.15) is 0 Å². The minimum atomic E-state index is -0.744. The lowest BCUT2D eigenvalue weighted by molar-refractivity contribution is -0.137. The number of carboxylic acid groups (broad SMARTS) is 1. The molecule has 0 unspecified atom stereocenters. The number of halogens is 1. The number of nitrogens with zero attached hydrogens (tertiary/aromatic N) is 2. The second kappa shape index (κ2) is 13.2. The fourth-order valence-electron chi connectivity index (χ4n) is 5.66. The number of carboxylic acids is 1. The van der Waals surface area contributed by atoms with Gasteiger partial charge in [-0.25, -0.2) is 0 Å². The number of pyridine rings is 1. The molecule has 1 aliphatic heterocycles. The second-order valence-electron chi connectivity index (χ2n) is 10.1. The van der Waals surface area contributed by atoms with Crippen LogP contribution in [0, 0.1) is 11.8 Å². The number of rotatable bonds is 12. The summed E-state index contributed by atoms with van der Waals surface area (Å²) in [7, 11) is 1.63. The maximum Gasteiger partial charge on any atom is 0.303 e. The Morgan fingerprint density at radius 1 is 1.19 bits per heavy atom. The summed E-state index contributed by atoms with van der Waals surface area (Å²) in [6.45, 7) is 2.89. The average Bonchev–Trinajstić information content (AvgIpc) is 2.91. The Kier molecular flexibility index (Phi) is 9.78. The number of carbonyl (C=O) groups is 1. The quantitative estimate of drug-likeness (QED) is 0.296. The monoisotopic (exact) mass is 524 g/mol. The first-order valence-corrected chi connectivity index (χ1v) is 13.6. The average molecular weight is 525 g/mol. The van der Waals surface area contributed by atoms with Gasteiger partial charge in [0.2, 0.25) is 0 Å². The molecule has 2 aromatic carbocycles. The maximum atomic E-state index is 11.3. The summed E-state index contributed by atoms with van der Waals surface area (Å²) < 4.78 is 5.37. The molecule has 37 heavy (non-hydrogen) atoms. The van der Waals surface area contributed by atoms with E-state index in [4.69, 9.17) is 16.3 Å². The van der Waals surface area contributed by atoms with Gasteiger partial charge < -0.3 is 19.8 Å². The van der Waals surface area contributed by atoms with E-state index in [1.54, 1.807) is 13.3 Å². The number of aliphatic hydroxyl groups is 1. The summed E-state index contributed by atoms with van der Waals surface area (Å²) in [4.78, 5) is 18.2. The van der Waals surface area contributed by atoms with Gasteiger partial charge in [-0.3, -0.25) is 9.78 Å². The van der Waals surface area contributed by atoms with Crippen LogP contribution in [0.2, 0.25) is 5.02 Å². The number of fused-ring (bicyclic) bond motifs is 1. The van der Waals surface area contributed by atoms with Gasteiger partial charge in [0, 0.05) is 29.6 Å². The van der Waals surface area contributed by atoms with Crippen LogP contribution in [0.1, 0.15) is 55.8 Å². The number of methoxy groups -OCH3 is 1. The molecule has 2 heterocycles. The van der Waals surface area contributed by atoms with Gasteiger partial charge in [0.25, 0.3) is 0 Å². The molecule has 3 atom stereocenters. The first kappa shape index (κ1) is 27.4. The number of aryl methyl sites for hydroxylation is 1. The first-order chi connectivity index (χ1) is 17.9. The van der Waals surface area contributed by atoms with Gasteiger partial charge in [-0.05, 0) is 105 Å². The van der Waals surface area contributed by atoms with Crippen LogP contribution in [0.5, 0.6) is 5.75 Å². The van der Waals surface area contributed by atoms with Crippen molar-refractivity contribution in [3.05, 3.63) is 70.9 Å². The van der Waals surface area contributed by atoms with Crippen molar-refractivity contribution in [2.24, 2.45) is 11.8 Å². The van der Waals surface area contributed by atoms with Gasteiger partial charge in [0.05, 0.1) is 18.7 Å². The van der Waals surface area contributed by atoms with Gasteiger partial charge in [-0.15, -0.1) is 0 Å². The van der Waals surface area contributed by atoms with Crippen LogP contribution in [0.3, 0.4) is 0 Å². The third-order valence-electron chi connectivity index (χ3n) is 7.74. The molecular formula is C30H37ClN2O4. The zero-order valence-corrected chi connectivity index (χ0v) is 22.2. The third-order valence-corrected chi connectivity index (χ3v) is 8.10. The summed E-state index contributed by atoms with van der Waals surface area (Å²) in [6.07, 6.45) is 6.49. The highest BCUT2D eigenvalue weighted by molar-refractivity contribution is 6.31. The molecular weight excluding hydrogens is 488 g/mol. The van der Waals surface area contributed by atoms with E-state index in [9.17, 15) is 15.0 Å². The molecule has 0 aliphatic carbocycles. The van der Waals surface area contributed by atoms with Crippen molar-refractivity contribution in [3.63, 3.8) is 0 Å². The van der Waals surface area contributed by atoms with E-state index in [0.29, 0.717) is 24.7 Å². The zero-order chi connectivity index (χ0) is 26.2. The number of piperidine rings is 1. The van der Waals surface area contributed by atoms with Crippen LogP contribution < -0.4 is 4.74 Å². The fourth-order valence-corrected chi connectivity index (χ4v) is 5.89. The lowest BCUT2D eigenvalue weighted by Gasteiger charge is -2.39. The highest BCUT2D eigenvalue weighted by Gasteiger charge is 2.30. The number of aromatic nitrogens is 1. The first-order valence-electron chi connectivity index (χ1n) is 13.2. The molecule has 1 aromatic heterocycles. The number of aliphatic hydroxyl groups excluding tert-OH is 1. The van der Waals surface area contributed by atoms with Crippen LogP contribution in [0.4, 0.5) is 0 Å². The van der Waals surface area contributed by atoms with Crippen LogP contribution in [-0.2, 0) is 11.2 Å². The summed E-state index contributed by atoms with van der Waals surface area (Å²) in [5.74, 6) is 0.708. The fraction of sp³-hybridized carbons (Fsp3) is 0.467. The Balaban J connectivity index is 1.35. The Bertz CT molecular complexity index is 1190. The Morgan fingerprint density at radius 2 is 2.03 bits per heavy atom. The molecule has 0 saturated carbocycles. The Hall–Kier alpha value is -2.67. The number of aliphatic carboxylic acids is 1. The van der Waals surface area contributed by atoms with Crippen molar-refractivity contribution in [1.29, 1.82) is 0 Å². The predicted octanol–water partition coefficient (Wildman–Crippen LogP) is 6.15. The predicted molar refractivity (Wildman–Crippen MR) is 147 cm³/mol. The normalized spacial score (nSPS) is 19.1. The van der Waals surface area contributed by atoms with Crippen molar-refractivity contribution in [2.75, 3.05) is 26.7 Å². The zero-order valence-electron chi connectivity index (χ0n) is 21.5. The third kappa shape index (κ3) is 7.44. The van der Waals surface area contributed by atoms with Crippen LogP contribution in [0.15, 0.2) is 54.7 Å². The van der Waals surface area contributed by atoms with E-state index in [-0.39, 0.29) is 6.42 Å². The molecule has 4 rings (SSSR count). The molecule has 0 bridgehead atoms. The lowest BCUT2D eigenvalue weighted by Crippen LogP contribution is -2.41. The molecule has 0 radical (unpaired) electrons. The van der Waals surface area contributed by atoms with E-state index < -0.39 is 12.1 Å². The van der Waals surface area contributed by atoms with Gasteiger partial charge >= 0.3 is 5.97 Å². The van der Waals surface area contributed by atoms with E-state index in [0.717, 1.165) is 72.6 Å². The van der Waals surface area contributed by atoms with E-state index in [2.05, 4.69) is 16.0 Å². The maximum absolute atomic E-state index is 11.3. The number of ether oxygens (including phenoxy) is 1. The standard InChI is InChI=1S/C30H37ClN2O4/c1-37-24-10-11-28-26(19-24)25(14-16-32-28)29(34)12-8-21-15-18-33(20-23(21)9-13-30(35)36)17-4-6-22-5-2-3-7-27(22)31/h2-3,5,7,10-11,14,16,19,21,23,29,34H,4,6,8-9,12-13,15,17-18,20H2,1H3,(H,35,36)/t21-,23-,29-/m1/s1. The Labute approximate surface area is 224 Å². The summed E-state index contributed by atoms with van der Waals surface area (Å²) >= 11 is 6.31. The lowest BCUT2D eigenvalue weighted by atomic mass is 9.79. The molecule has 7 heteroatoms. The van der Waals surface area contributed by atoms with Gasteiger partial charge in [0.15, 0.2) is 0 Å². The van der Waals surface area contributed by atoms with Crippen LogP contribution >= 0.6 is 11.6 Å². The summed E-state index contributed by atoms with van der Waals surface area (Å²) in [6, 6.07) is 15.6. The van der Waals surface area contributed by atoms with Crippen molar-refractivity contribution < 1.29 is 19.7 Å². The molecule has 1 saturated heterocycles. The smallest absolute Gasteiger partial charge is 0.303 e. The number of hydrogen-bond donors (Lipinski definition) is 2. The molecule has 2 N–H and O–H groups in total. The molecule has 1 aliphatic rings. The van der Waals surface area contributed by atoms with E-state index >= 15 is 0 Å². The van der Waals surface area contributed by atoms with Crippen LogP contribution in [0.25, 0.3) is 10.9 Å². The second-order valence-corrected chi connectivity index (χ2v) is 10.5. The molecule has 3 aromatic rings. The minimum absolute atomic E-state index is 0.186. The minimum Gasteiger partial charge on any atom is -0.497 e. The van der Waals surface area contributed by atoms with Crippen LogP contribution in [-0.4, -0.2) is 52.8 Å². The number of hydrogen-bond acceptors (Lipinski definition) is 5. The molecule has 0 amide bonds. The van der Waals surface area contributed by atoms with E-state index in [1.165, 1.54) is 5.56 Å². The number of likely N-dealkylation sites (tertiary alicyclic amines) is 1. The van der Waals surface area contributed by atoms with Crippen molar-refractivity contribution in [1.82, 2.24) is 9.88 Å². The SMILES string of the molecule is COc1ccc2nccc([C@H](O)CC[C@@H]3CCN(CCCc4ccccc4Cl)C[C@H]3CCC(=O)O)c2c1. The van der Waals surface area contributed by atoms with Crippen molar-refractivity contribution in [3.8, 4) is 5.75 Å². The summed E-state index contributed by atoms with van der Waals surface area (Å²) in [5.41, 5.74) is 2.88. The largest absolute Gasteiger partial charge is 0.497 e. The molecule has 6 nitrogen and oxygen atoms in total. The summed E-state index contributed by atoms with van der Waals surface area (Å²) in [5, 5.41) is 22.2. The highest BCUT2D eigenvalue weighted by Crippen LogP contribution is 2.35. The highest BCUT2D eigenvalue weighted by atomic mass is 35.5. The van der Waals surface area contributed by atoms with Crippen molar-refractivity contribution in [2.45, 2.75) is 51.0 Å². The van der Waals surface area contributed by atoms with E-state index in [1.807, 2.05) is 42.5 Å².